The van der Waals surface area contributed by atoms with Crippen molar-refractivity contribution in [3.05, 3.63) is 45.4 Å². The SMILES string of the molecule is CC(C)C(C)NC(=O)c1csc(CN(C(=O)Nc2ccc(Cl)cc2)C(C)C)n1. The number of benzene rings is 1. The Bertz CT molecular complexity index is 805. The second kappa shape index (κ2) is 9.89. The lowest BCUT2D eigenvalue weighted by molar-refractivity contribution is 0.0926. The molecule has 2 rings (SSSR count). The molecule has 0 aliphatic rings. The Balaban J connectivity index is 2.04. The van der Waals surface area contributed by atoms with Crippen molar-refractivity contribution < 1.29 is 9.59 Å². The van der Waals surface area contributed by atoms with Crippen molar-refractivity contribution in [3.63, 3.8) is 0 Å². The fraction of sp³-hybridized carbons (Fsp3) is 0.450. The molecule has 1 aromatic heterocycles. The molecule has 1 heterocycles. The molecule has 0 fully saturated rings. The lowest BCUT2D eigenvalue weighted by atomic mass is 10.1. The maximum Gasteiger partial charge on any atom is 0.322 e. The van der Waals surface area contributed by atoms with E-state index in [1.165, 1.54) is 11.3 Å². The van der Waals surface area contributed by atoms with Crippen molar-refractivity contribution in [2.24, 2.45) is 5.92 Å². The first kappa shape index (κ1) is 22.2. The van der Waals surface area contributed by atoms with Crippen molar-refractivity contribution in [2.75, 3.05) is 5.32 Å². The molecule has 1 unspecified atom stereocenters. The highest BCUT2D eigenvalue weighted by molar-refractivity contribution is 7.09. The molecule has 0 bridgehead atoms. The molecule has 0 saturated carbocycles. The second-order valence-corrected chi connectivity index (χ2v) is 8.67. The number of thiazole rings is 1. The molecule has 6 nitrogen and oxygen atoms in total. The molecule has 0 aliphatic heterocycles. The van der Waals surface area contributed by atoms with Crippen LogP contribution in [0.3, 0.4) is 0 Å². The number of anilines is 1. The summed E-state index contributed by atoms with van der Waals surface area (Å²) >= 11 is 7.26. The number of halogens is 1. The number of hydrogen-bond donors (Lipinski definition) is 2. The van der Waals surface area contributed by atoms with Gasteiger partial charge in [0.05, 0.1) is 6.54 Å². The van der Waals surface area contributed by atoms with Gasteiger partial charge in [0.25, 0.3) is 5.91 Å². The van der Waals surface area contributed by atoms with Crippen LogP contribution < -0.4 is 10.6 Å². The van der Waals surface area contributed by atoms with Crippen molar-refractivity contribution >= 4 is 40.6 Å². The average Bonchev–Trinajstić information content (AvgIpc) is 3.10. The van der Waals surface area contributed by atoms with E-state index in [1.807, 2.05) is 20.8 Å². The van der Waals surface area contributed by atoms with Crippen LogP contribution in [-0.2, 0) is 6.54 Å². The predicted molar refractivity (Wildman–Crippen MR) is 115 cm³/mol. The third kappa shape index (κ3) is 6.21. The third-order valence-corrected chi connectivity index (χ3v) is 5.51. The Kier molecular flexibility index (Phi) is 7.83. The van der Waals surface area contributed by atoms with Crippen molar-refractivity contribution in [1.82, 2.24) is 15.2 Å². The van der Waals surface area contributed by atoms with Crippen molar-refractivity contribution in [1.29, 1.82) is 0 Å². The Morgan fingerprint density at radius 1 is 1.14 bits per heavy atom. The normalized spacial score (nSPS) is 12.1. The largest absolute Gasteiger partial charge is 0.348 e. The molecule has 152 valence electrons. The number of nitrogens with one attached hydrogen (secondary N) is 2. The highest BCUT2D eigenvalue weighted by Crippen LogP contribution is 2.18. The van der Waals surface area contributed by atoms with E-state index in [4.69, 9.17) is 11.6 Å². The summed E-state index contributed by atoms with van der Waals surface area (Å²) < 4.78 is 0. The van der Waals surface area contributed by atoms with Gasteiger partial charge in [0, 0.05) is 28.2 Å². The maximum absolute atomic E-state index is 12.7. The topological polar surface area (TPSA) is 74.3 Å². The van der Waals surface area contributed by atoms with Gasteiger partial charge in [0.15, 0.2) is 0 Å². The summed E-state index contributed by atoms with van der Waals surface area (Å²) in [5.74, 6) is 0.153. The summed E-state index contributed by atoms with van der Waals surface area (Å²) in [6, 6.07) is 6.75. The van der Waals surface area contributed by atoms with Gasteiger partial charge in [-0.15, -0.1) is 11.3 Å². The number of amides is 3. The van der Waals surface area contributed by atoms with E-state index in [1.54, 1.807) is 34.5 Å². The zero-order valence-corrected chi connectivity index (χ0v) is 18.4. The lowest BCUT2D eigenvalue weighted by Gasteiger charge is -2.26. The molecular weight excluding hydrogens is 396 g/mol. The van der Waals surface area contributed by atoms with Gasteiger partial charge >= 0.3 is 6.03 Å². The van der Waals surface area contributed by atoms with Gasteiger partial charge in [0.1, 0.15) is 10.7 Å². The molecule has 0 radical (unpaired) electrons. The minimum atomic E-state index is -0.230. The van der Waals surface area contributed by atoms with Crippen LogP contribution in [0.1, 0.15) is 50.1 Å². The first-order valence-corrected chi connectivity index (χ1v) is 10.5. The first-order chi connectivity index (χ1) is 13.2. The zero-order valence-electron chi connectivity index (χ0n) is 16.8. The maximum atomic E-state index is 12.7. The van der Waals surface area contributed by atoms with Crippen LogP contribution in [0.2, 0.25) is 5.02 Å². The Hall–Kier alpha value is -2.12. The van der Waals surface area contributed by atoms with E-state index >= 15 is 0 Å². The molecule has 1 aromatic carbocycles. The Morgan fingerprint density at radius 2 is 1.79 bits per heavy atom. The molecular formula is C20H27ClN4O2S. The fourth-order valence-electron chi connectivity index (χ4n) is 2.30. The van der Waals surface area contributed by atoms with Gasteiger partial charge in [-0.25, -0.2) is 9.78 Å². The van der Waals surface area contributed by atoms with E-state index in [9.17, 15) is 9.59 Å². The summed E-state index contributed by atoms with van der Waals surface area (Å²) in [4.78, 5) is 31.1. The molecule has 0 spiro atoms. The van der Waals surface area contributed by atoms with Crippen LogP contribution in [0.25, 0.3) is 0 Å². The summed E-state index contributed by atoms with van der Waals surface area (Å²) in [7, 11) is 0. The number of aromatic nitrogens is 1. The summed E-state index contributed by atoms with van der Waals surface area (Å²) in [5.41, 5.74) is 1.05. The van der Waals surface area contributed by atoms with Crippen LogP contribution in [0.4, 0.5) is 10.5 Å². The minimum Gasteiger partial charge on any atom is -0.348 e. The van der Waals surface area contributed by atoms with Crippen LogP contribution in [-0.4, -0.2) is 33.9 Å². The Morgan fingerprint density at radius 3 is 2.36 bits per heavy atom. The number of urea groups is 1. The molecule has 1 atom stereocenters. The molecule has 0 saturated heterocycles. The Labute approximate surface area is 175 Å². The van der Waals surface area contributed by atoms with Crippen molar-refractivity contribution in [3.8, 4) is 0 Å². The van der Waals surface area contributed by atoms with Gasteiger partial charge in [-0.3, -0.25) is 4.79 Å². The standard InChI is InChI=1S/C20H27ClN4O2S/c1-12(2)14(5)22-19(26)17-11-28-18(24-17)10-25(13(3)4)20(27)23-16-8-6-15(21)7-9-16/h6-9,11-14H,10H2,1-5H3,(H,22,26)(H,23,27). The van der Waals surface area contributed by atoms with Gasteiger partial charge in [-0.2, -0.15) is 0 Å². The van der Waals surface area contributed by atoms with Crippen LogP contribution >= 0.6 is 22.9 Å². The quantitative estimate of drug-likeness (QED) is 0.658. The lowest BCUT2D eigenvalue weighted by Crippen LogP contribution is -2.39. The summed E-state index contributed by atoms with van der Waals surface area (Å²) in [6.45, 7) is 10.3. The van der Waals surface area contributed by atoms with E-state index in [2.05, 4.69) is 29.5 Å². The molecule has 0 aliphatic carbocycles. The first-order valence-electron chi connectivity index (χ1n) is 9.25. The number of carbonyl (C=O) groups is 2. The third-order valence-electron chi connectivity index (χ3n) is 4.43. The number of rotatable bonds is 7. The molecule has 2 aromatic rings. The highest BCUT2D eigenvalue weighted by atomic mass is 35.5. The van der Waals surface area contributed by atoms with Gasteiger partial charge < -0.3 is 15.5 Å². The van der Waals surface area contributed by atoms with E-state index in [0.29, 0.717) is 33.9 Å². The highest BCUT2D eigenvalue weighted by Gasteiger charge is 2.21. The molecule has 3 amide bonds. The number of nitrogens with zero attached hydrogens (tertiary/aromatic N) is 2. The van der Waals surface area contributed by atoms with Gasteiger partial charge in [0.2, 0.25) is 0 Å². The summed E-state index contributed by atoms with van der Waals surface area (Å²) in [5, 5.41) is 8.86. The smallest absolute Gasteiger partial charge is 0.322 e. The average molecular weight is 423 g/mol. The van der Waals surface area contributed by atoms with Gasteiger partial charge in [-0.1, -0.05) is 25.4 Å². The monoisotopic (exact) mass is 422 g/mol. The van der Waals surface area contributed by atoms with Crippen molar-refractivity contribution in [2.45, 2.75) is 53.2 Å². The van der Waals surface area contributed by atoms with Crippen LogP contribution in [0.15, 0.2) is 29.6 Å². The van der Waals surface area contributed by atoms with E-state index < -0.39 is 0 Å². The molecule has 28 heavy (non-hydrogen) atoms. The van der Waals surface area contributed by atoms with Gasteiger partial charge in [-0.05, 0) is 51.0 Å². The summed E-state index contributed by atoms with van der Waals surface area (Å²) in [6.07, 6.45) is 0. The van der Waals surface area contributed by atoms with E-state index in [0.717, 1.165) is 0 Å². The van der Waals surface area contributed by atoms with Crippen LogP contribution in [0, 0.1) is 5.92 Å². The van der Waals surface area contributed by atoms with E-state index in [-0.39, 0.29) is 24.0 Å². The predicted octanol–water partition coefficient (Wildman–Crippen LogP) is 5.01. The van der Waals surface area contributed by atoms with Crippen LogP contribution in [0.5, 0.6) is 0 Å². The fourth-order valence-corrected chi connectivity index (χ4v) is 3.20. The zero-order chi connectivity index (χ0) is 20.8. The number of hydrogen-bond acceptors (Lipinski definition) is 4. The molecule has 8 heteroatoms. The number of carbonyl (C=O) groups excluding carboxylic acids is 2. The minimum absolute atomic E-state index is 0.0329. The second-order valence-electron chi connectivity index (χ2n) is 7.29. The molecule has 2 N–H and O–H groups in total.